The molecule has 0 fully saturated rings. The highest BCUT2D eigenvalue weighted by Crippen LogP contribution is 2.41. The molecule has 0 saturated carbocycles. The molecular formula is C23H24N2O3. The zero-order valence-electron chi connectivity index (χ0n) is 15.9. The van der Waals surface area contributed by atoms with E-state index in [9.17, 15) is 9.59 Å². The second-order valence-corrected chi connectivity index (χ2v) is 7.54. The first-order valence-electron chi connectivity index (χ1n) is 9.75. The summed E-state index contributed by atoms with van der Waals surface area (Å²) >= 11 is 0. The van der Waals surface area contributed by atoms with E-state index in [1.807, 2.05) is 0 Å². The molecule has 0 aliphatic heterocycles. The standard InChI is InChI=1S/C23H24N2O3/c1-14(23(27)25-28)24-20(26)7-3-4-15-8-9-18-11-10-16-5-2-6-17-12-13-19(15)22(18)21(16)17/h2,5,8-15,28H,3-4,6-7H2,1H3,(H,24,26)(H,25,27). The summed E-state index contributed by atoms with van der Waals surface area (Å²) in [7, 11) is 0. The summed E-state index contributed by atoms with van der Waals surface area (Å²) in [5.41, 5.74) is 6.81. The number of amides is 2. The molecule has 3 N–H and O–H groups in total. The van der Waals surface area contributed by atoms with Crippen molar-refractivity contribution in [3.63, 3.8) is 0 Å². The lowest BCUT2D eigenvalue weighted by atomic mass is 9.79. The van der Waals surface area contributed by atoms with Gasteiger partial charge >= 0.3 is 0 Å². The molecule has 4 rings (SSSR count). The maximum absolute atomic E-state index is 12.0. The minimum Gasteiger partial charge on any atom is -0.345 e. The first-order valence-corrected chi connectivity index (χ1v) is 9.75. The molecule has 144 valence electrons. The van der Waals surface area contributed by atoms with Gasteiger partial charge in [0, 0.05) is 12.3 Å². The van der Waals surface area contributed by atoms with E-state index in [2.05, 4.69) is 53.9 Å². The minimum atomic E-state index is -0.747. The van der Waals surface area contributed by atoms with Crippen molar-refractivity contribution < 1.29 is 14.8 Å². The zero-order valence-corrected chi connectivity index (χ0v) is 15.9. The predicted octanol–water partition coefficient (Wildman–Crippen LogP) is 3.70. The molecule has 0 radical (unpaired) electrons. The Balaban J connectivity index is 1.47. The topological polar surface area (TPSA) is 78.4 Å². The first kappa shape index (κ1) is 18.4. The smallest absolute Gasteiger partial charge is 0.265 e. The van der Waals surface area contributed by atoms with Crippen molar-refractivity contribution in [1.29, 1.82) is 0 Å². The van der Waals surface area contributed by atoms with Crippen LogP contribution in [0.5, 0.6) is 0 Å². The fourth-order valence-electron chi connectivity index (χ4n) is 4.25. The third kappa shape index (κ3) is 3.34. The fraction of sp³-hybridized carbons (Fsp3) is 0.304. The molecule has 0 bridgehead atoms. The van der Waals surface area contributed by atoms with Crippen LogP contribution in [0.2, 0.25) is 0 Å². The second kappa shape index (κ2) is 7.60. The van der Waals surface area contributed by atoms with Gasteiger partial charge in [0.05, 0.1) is 0 Å². The van der Waals surface area contributed by atoms with Crippen LogP contribution in [0, 0.1) is 0 Å². The number of hydrogen-bond donors (Lipinski definition) is 3. The van der Waals surface area contributed by atoms with Gasteiger partial charge in [-0.2, -0.15) is 0 Å². The van der Waals surface area contributed by atoms with E-state index in [0.29, 0.717) is 6.42 Å². The Morgan fingerprint density at radius 2 is 1.93 bits per heavy atom. The predicted molar refractivity (Wildman–Crippen MR) is 110 cm³/mol. The van der Waals surface area contributed by atoms with Crippen molar-refractivity contribution >= 4 is 34.7 Å². The lowest BCUT2D eigenvalue weighted by Gasteiger charge is -2.25. The highest BCUT2D eigenvalue weighted by atomic mass is 16.5. The summed E-state index contributed by atoms with van der Waals surface area (Å²) < 4.78 is 0. The van der Waals surface area contributed by atoms with E-state index in [0.717, 1.165) is 19.3 Å². The van der Waals surface area contributed by atoms with Crippen molar-refractivity contribution in [3.8, 4) is 0 Å². The Hall–Kier alpha value is -2.92. The van der Waals surface area contributed by atoms with Gasteiger partial charge in [0.2, 0.25) is 5.91 Å². The summed E-state index contributed by atoms with van der Waals surface area (Å²) in [4.78, 5) is 23.3. The third-order valence-corrected chi connectivity index (χ3v) is 5.69. The van der Waals surface area contributed by atoms with E-state index in [-0.39, 0.29) is 11.8 Å². The Kier molecular flexibility index (Phi) is 5.01. The molecule has 28 heavy (non-hydrogen) atoms. The van der Waals surface area contributed by atoms with Crippen LogP contribution >= 0.6 is 0 Å². The van der Waals surface area contributed by atoms with Gasteiger partial charge < -0.3 is 5.32 Å². The average Bonchev–Trinajstić information content (AvgIpc) is 2.72. The van der Waals surface area contributed by atoms with Gasteiger partial charge in [-0.25, -0.2) is 5.48 Å². The van der Waals surface area contributed by atoms with Crippen molar-refractivity contribution in [2.24, 2.45) is 0 Å². The van der Waals surface area contributed by atoms with Crippen molar-refractivity contribution in [2.45, 2.75) is 44.6 Å². The normalized spacial score (nSPS) is 17.4. The number of carbonyl (C=O) groups excluding carboxylic acids is 2. The SMILES string of the molecule is CC(NC(=O)CCCC1C=Cc2ccc3c4c(ccc1c24)CC=C3)C(=O)NO. The van der Waals surface area contributed by atoms with E-state index in [4.69, 9.17) is 5.21 Å². The number of hydroxylamine groups is 1. The second-order valence-electron chi connectivity index (χ2n) is 7.54. The first-order chi connectivity index (χ1) is 13.6. The summed E-state index contributed by atoms with van der Waals surface area (Å²) in [5.74, 6) is -0.513. The summed E-state index contributed by atoms with van der Waals surface area (Å²) in [5, 5.41) is 13.9. The lowest BCUT2D eigenvalue weighted by molar-refractivity contribution is -0.134. The maximum atomic E-state index is 12.0. The molecule has 0 saturated heterocycles. The molecule has 0 heterocycles. The number of nitrogens with one attached hydrogen (secondary N) is 2. The molecule has 5 nitrogen and oxygen atoms in total. The van der Waals surface area contributed by atoms with Gasteiger partial charge in [-0.3, -0.25) is 14.8 Å². The Bertz CT molecular complexity index is 1010. The maximum Gasteiger partial charge on any atom is 0.265 e. The molecular weight excluding hydrogens is 352 g/mol. The van der Waals surface area contributed by atoms with Gasteiger partial charge in [0.15, 0.2) is 0 Å². The largest absolute Gasteiger partial charge is 0.345 e. The van der Waals surface area contributed by atoms with Crippen LogP contribution in [0.15, 0.2) is 36.4 Å². The van der Waals surface area contributed by atoms with E-state index in [1.54, 1.807) is 12.4 Å². The number of rotatable bonds is 6. The third-order valence-electron chi connectivity index (χ3n) is 5.69. The summed E-state index contributed by atoms with van der Waals surface area (Å²) in [6, 6.07) is 8.12. The van der Waals surface area contributed by atoms with Crippen LogP contribution in [0.25, 0.3) is 22.9 Å². The molecule has 0 aromatic heterocycles. The monoisotopic (exact) mass is 376 g/mol. The van der Waals surface area contributed by atoms with Crippen LogP contribution in [0.3, 0.4) is 0 Å². The Morgan fingerprint density at radius 3 is 2.71 bits per heavy atom. The molecule has 2 aliphatic carbocycles. The van der Waals surface area contributed by atoms with Crippen molar-refractivity contribution in [1.82, 2.24) is 10.8 Å². The minimum absolute atomic E-state index is 0.182. The molecule has 2 unspecified atom stereocenters. The molecule has 5 heteroatoms. The highest BCUT2D eigenvalue weighted by molar-refractivity contribution is 6.03. The molecule has 2 atom stereocenters. The summed E-state index contributed by atoms with van der Waals surface area (Å²) in [6.45, 7) is 1.54. The zero-order chi connectivity index (χ0) is 19.7. The van der Waals surface area contributed by atoms with E-state index in [1.165, 1.54) is 33.0 Å². The van der Waals surface area contributed by atoms with Gasteiger partial charge in [-0.1, -0.05) is 48.6 Å². The van der Waals surface area contributed by atoms with Crippen molar-refractivity contribution in [3.05, 3.63) is 58.7 Å². The molecule has 0 spiro atoms. The van der Waals surface area contributed by atoms with Crippen molar-refractivity contribution in [2.75, 3.05) is 0 Å². The molecule has 2 aromatic carbocycles. The van der Waals surface area contributed by atoms with E-state index >= 15 is 0 Å². The van der Waals surface area contributed by atoms with E-state index < -0.39 is 11.9 Å². The van der Waals surface area contributed by atoms with Crippen LogP contribution in [-0.4, -0.2) is 23.1 Å². The number of benzene rings is 2. The van der Waals surface area contributed by atoms with Crippen LogP contribution in [0.1, 0.15) is 54.4 Å². The number of carbonyl (C=O) groups is 2. The van der Waals surface area contributed by atoms with Crippen LogP contribution in [-0.2, 0) is 16.0 Å². The Morgan fingerprint density at radius 1 is 1.14 bits per heavy atom. The van der Waals surface area contributed by atoms with Crippen LogP contribution < -0.4 is 10.8 Å². The van der Waals surface area contributed by atoms with Crippen LogP contribution in [0.4, 0.5) is 0 Å². The van der Waals surface area contributed by atoms with Gasteiger partial charge in [0.25, 0.3) is 5.91 Å². The Labute approximate surface area is 164 Å². The van der Waals surface area contributed by atoms with Gasteiger partial charge in [-0.05, 0) is 59.2 Å². The number of allylic oxidation sites excluding steroid dienone is 2. The molecule has 2 aliphatic rings. The fourth-order valence-corrected chi connectivity index (χ4v) is 4.25. The highest BCUT2D eigenvalue weighted by Gasteiger charge is 2.22. The number of hydrogen-bond acceptors (Lipinski definition) is 3. The van der Waals surface area contributed by atoms with Gasteiger partial charge in [-0.15, -0.1) is 0 Å². The lowest BCUT2D eigenvalue weighted by Crippen LogP contribution is -2.43. The summed E-state index contributed by atoms with van der Waals surface area (Å²) in [6.07, 6.45) is 11.8. The van der Waals surface area contributed by atoms with Gasteiger partial charge in [0.1, 0.15) is 6.04 Å². The molecule has 2 aromatic rings. The molecule has 2 amide bonds. The average molecular weight is 376 g/mol. The quantitative estimate of drug-likeness (QED) is 0.531.